The van der Waals surface area contributed by atoms with E-state index in [1.807, 2.05) is 32.0 Å². The van der Waals surface area contributed by atoms with Crippen LogP contribution < -0.4 is 10.6 Å². The van der Waals surface area contributed by atoms with Gasteiger partial charge < -0.3 is 15.7 Å². The smallest absolute Gasteiger partial charge is 0.314 e. The van der Waals surface area contributed by atoms with Gasteiger partial charge in [-0.25, -0.2) is 4.79 Å². The fourth-order valence-corrected chi connectivity index (χ4v) is 1.84. The molecule has 19 heavy (non-hydrogen) atoms. The largest absolute Gasteiger partial charge is 0.387 e. The fourth-order valence-electron chi connectivity index (χ4n) is 1.84. The Bertz CT molecular complexity index is 404. The number of nitrogens with one attached hydrogen (secondary N) is 2. The van der Waals surface area contributed by atoms with Crippen molar-refractivity contribution in [1.29, 1.82) is 0 Å². The van der Waals surface area contributed by atoms with Crippen molar-refractivity contribution in [1.82, 2.24) is 10.6 Å². The number of carbonyl (C=O) groups excluding carboxylic acids is 1. The van der Waals surface area contributed by atoms with E-state index >= 15 is 0 Å². The van der Waals surface area contributed by atoms with Gasteiger partial charge in [0.05, 0.1) is 12.8 Å². The summed E-state index contributed by atoms with van der Waals surface area (Å²) in [6.07, 6.45) is -0.446. The van der Waals surface area contributed by atoms with E-state index in [1.54, 1.807) is 0 Å². The number of aliphatic hydroxyl groups excluding tert-OH is 1. The van der Waals surface area contributed by atoms with Crippen molar-refractivity contribution in [3.8, 4) is 0 Å². The number of aryl methyl sites for hydroxylation is 2. The molecule has 1 aromatic carbocycles. The number of carbonyl (C=O) groups is 1. The van der Waals surface area contributed by atoms with Crippen LogP contribution in [0, 0.1) is 13.8 Å². The second-order valence-electron chi connectivity index (χ2n) is 4.62. The Labute approximate surface area is 113 Å². The molecule has 5 heteroatoms. The molecule has 0 heterocycles. The van der Waals surface area contributed by atoms with Gasteiger partial charge in [-0.2, -0.15) is 0 Å². The Balaban J connectivity index is 2.42. The molecule has 0 aromatic heterocycles. The Hall–Kier alpha value is -1.62. The molecule has 2 amide bonds. The molecule has 0 aliphatic heterocycles. The van der Waals surface area contributed by atoms with E-state index < -0.39 is 18.8 Å². The topological polar surface area (TPSA) is 61.4 Å². The number of aliphatic hydroxyl groups is 1. The SMILES string of the molecule is Cc1cc(C)cc(C(O)CNC(=O)NCCCF)c1. The lowest BCUT2D eigenvalue weighted by atomic mass is 10.0. The van der Waals surface area contributed by atoms with Crippen LogP contribution in [-0.2, 0) is 0 Å². The maximum atomic E-state index is 11.8. The summed E-state index contributed by atoms with van der Waals surface area (Å²) >= 11 is 0. The Morgan fingerprint density at radius 2 is 1.89 bits per heavy atom. The molecule has 0 bridgehead atoms. The van der Waals surface area contributed by atoms with Crippen LogP contribution in [0.3, 0.4) is 0 Å². The molecule has 1 aromatic rings. The summed E-state index contributed by atoms with van der Waals surface area (Å²) in [4.78, 5) is 11.3. The average molecular weight is 268 g/mol. The number of amides is 2. The van der Waals surface area contributed by atoms with Gasteiger partial charge in [-0.15, -0.1) is 0 Å². The van der Waals surface area contributed by atoms with Crippen molar-refractivity contribution in [2.24, 2.45) is 0 Å². The quantitative estimate of drug-likeness (QED) is 0.691. The molecule has 1 unspecified atom stereocenters. The Kier molecular flexibility index (Phi) is 6.29. The number of hydrogen-bond donors (Lipinski definition) is 3. The van der Waals surface area contributed by atoms with Crippen molar-refractivity contribution in [3.63, 3.8) is 0 Å². The third-order valence-electron chi connectivity index (χ3n) is 2.68. The summed E-state index contributed by atoms with van der Waals surface area (Å²) in [5.74, 6) is 0. The van der Waals surface area contributed by atoms with E-state index in [4.69, 9.17) is 0 Å². The molecule has 3 N–H and O–H groups in total. The first-order valence-corrected chi connectivity index (χ1v) is 6.37. The van der Waals surface area contributed by atoms with Gasteiger partial charge in [0, 0.05) is 13.1 Å². The highest BCUT2D eigenvalue weighted by Gasteiger charge is 2.10. The van der Waals surface area contributed by atoms with E-state index in [0.717, 1.165) is 16.7 Å². The predicted molar refractivity (Wildman–Crippen MR) is 72.9 cm³/mol. The lowest BCUT2D eigenvalue weighted by Crippen LogP contribution is -2.38. The summed E-state index contributed by atoms with van der Waals surface area (Å²) in [5, 5.41) is 15.1. The monoisotopic (exact) mass is 268 g/mol. The number of hydrogen-bond acceptors (Lipinski definition) is 2. The number of rotatable bonds is 6. The van der Waals surface area contributed by atoms with Crippen LogP contribution in [0.1, 0.15) is 29.2 Å². The van der Waals surface area contributed by atoms with Gasteiger partial charge in [0.25, 0.3) is 0 Å². The zero-order valence-corrected chi connectivity index (χ0v) is 11.4. The van der Waals surface area contributed by atoms with Crippen molar-refractivity contribution in [2.45, 2.75) is 26.4 Å². The van der Waals surface area contributed by atoms with Crippen LogP contribution in [0.5, 0.6) is 0 Å². The number of urea groups is 1. The summed E-state index contributed by atoms with van der Waals surface area (Å²) in [5.41, 5.74) is 2.92. The van der Waals surface area contributed by atoms with E-state index in [-0.39, 0.29) is 6.54 Å². The van der Waals surface area contributed by atoms with Crippen LogP contribution in [-0.4, -0.2) is 30.9 Å². The van der Waals surface area contributed by atoms with E-state index in [9.17, 15) is 14.3 Å². The molecule has 0 saturated heterocycles. The number of alkyl halides is 1. The second kappa shape index (κ2) is 7.74. The van der Waals surface area contributed by atoms with Gasteiger partial charge in [0.2, 0.25) is 0 Å². The highest BCUT2D eigenvalue weighted by Crippen LogP contribution is 2.16. The van der Waals surface area contributed by atoms with Crippen LogP contribution in [0.25, 0.3) is 0 Å². The lowest BCUT2D eigenvalue weighted by Gasteiger charge is -2.14. The van der Waals surface area contributed by atoms with Gasteiger partial charge >= 0.3 is 6.03 Å². The minimum Gasteiger partial charge on any atom is -0.387 e. The maximum absolute atomic E-state index is 11.8. The summed E-state index contributed by atoms with van der Waals surface area (Å²) in [6.45, 7) is 3.89. The summed E-state index contributed by atoms with van der Waals surface area (Å²) < 4.78 is 11.8. The Morgan fingerprint density at radius 3 is 2.47 bits per heavy atom. The van der Waals surface area contributed by atoms with E-state index in [0.29, 0.717) is 13.0 Å². The predicted octanol–water partition coefficient (Wildman–Crippen LogP) is 2.00. The van der Waals surface area contributed by atoms with Crippen molar-refractivity contribution in [2.75, 3.05) is 19.8 Å². The molecule has 1 atom stereocenters. The molecular formula is C14H21FN2O2. The highest BCUT2D eigenvalue weighted by molar-refractivity contribution is 5.73. The third kappa shape index (κ3) is 5.70. The van der Waals surface area contributed by atoms with Gasteiger partial charge in [0.15, 0.2) is 0 Å². The van der Waals surface area contributed by atoms with Crippen LogP contribution in [0.4, 0.5) is 9.18 Å². The minimum absolute atomic E-state index is 0.129. The normalized spacial score (nSPS) is 12.0. The zero-order chi connectivity index (χ0) is 14.3. The molecule has 0 aliphatic rings. The zero-order valence-electron chi connectivity index (χ0n) is 11.4. The van der Waals surface area contributed by atoms with Crippen molar-refractivity contribution < 1.29 is 14.3 Å². The standard InChI is InChI=1S/C14H21FN2O2/c1-10-6-11(2)8-12(7-10)13(18)9-17-14(19)16-5-3-4-15/h6-8,13,18H,3-5,9H2,1-2H3,(H2,16,17,19). The third-order valence-corrected chi connectivity index (χ3v) is 2.68. The van der Waals surface area contributed by atoms with Crippen LogP contribution >= 0.6 is 0 Å². The molecule has 0 radical (unpaired) electrons. The van der Waals surface area contributed by atoms with Crippen molar-refractivity contribution in [3.05, 3.63) is 34.9 Å². The van der Waals surface area contributed by atoms with Crippen LogP contribution in [0.2, 0.25) is 0 Å². The van der Waals surface area contributed by atoms with Gasteiger partial charge in [-0.1, -0.05) is 29.3 Å². The fraction of sp³-hybridized carbons (Fsp3) is 0.500. The molecule has 0 saturated carbocycles. The van der Waals surface area contributed by atoms with Gasteiger partial charge in [-0.3, -0.25) is 4.39 Å². The summed E-state index contributed by atoms with van der Waals surface area (Å²) in [6, 6.07) is 5.41. The molecule has 1 rings (SSSR count). The molecule has 0 spiro atoms. The lowest BCUT2D eigenvalue weighted by molar-refractivity contribution is 0.173. The summed E-state index contributed by atoms with van der Waals surface area (Å²) in [7, 11) is 0. The second-order valence-corrected chi connectivity index (χ2v) is 4.62. The molecule has 0 aliphatic carbocycles. The van der Waals surface area contributed by atoms with Crippen molar-refractivity contribution >= 4 is 6.03 Å². The number of halogens is 1. The first-order valence-electron chi connectivity index (χ1n) is 6.37. The van der Waals surface area contributed by atoms with Crippen LogP contribution in [0.15, 0.2) is 18.2 Å². The molecule has 106 valence electrons. The highest BCUT2D eigenvalue weighted by atomic mass is 19.1. The van der Waals surface area contributed by atoms with E-state index in [1.165, 1.54) is 0 Å². The maximum Gasteiger partial charge on any atom is 0.314 e. The molecule has 0 fully saturated rings. The minimum atomic E-state index is -0.745. The Morgan fingerprint density at radius 1 is 1.26 bits per heavy atom. The van der Waals surface area contributed by atoms with Gasteiger partial charge in [0.1, 0.15) is 0 Å². The average Bonchev–Trinajstić information content (AvgIpc) is 2.35. The van der Waals surface area contributed by atoms with Gasteiger partial charge in [-0.05, 0) is 25.8 Å². The molecular weight excluding hydrogens is 247 g/mol. The number of benzene rings is 1. The first kappa shape index (κ1) is 15.4. The first-order chi connectivity index (χ1) is 9.02. The van der Waals surface area contributed by atoms with E-state index in [2.05, 4.69) is 10.6 Å². The molecule has 4 nitrogen and oxygen atoms in total.